The number of amides is 1. The topological polar surface area (TPSA) is 59.3 Å². The van der Waals surface area contributed by atoms with Gasteiger partial charge in [-0.05, 0) is 35.7 Å². The van der Waals surface area contributed by atoms with Gasteiger partial charge in [0.15, 0.2) is 17.0 Å². The molecule has 0 unspecified atom stereocenters. The van der Waals surface area contributed by atoms with Crippen LogP contribution in [0.15, 0.2) is 47.8 Å². The summed E-state index contributed by atoms with van der Waals surface area (Å²) < 4.78 is 80.0. The van der Waals surface area contributed by atoms with E-state index in [9.17, 15) is 31.1 Å². The molecule has 1 amide bonds. The first-order chi connectivity index (χ1) is 14.9. The first-order valence-corrected chi connectivity index (χ1v) is 9.90. The molecule has 13 heteroatoms. The first kappa shape index (κ1) is 22.1. The molecule has 0 aliphatic heterocycles. The average Bonchev–Trinajstić information content (AvgIpc) is 3.35. The van der Waals surface area contributed by atoms with Crippen LogP contribution >= 0.6 is 22.9 Å². The Balaban J connectivity index is 1.79. The SMILES string of the molecule is O=C(Nc1cccc(C(F)(F)F)c1)c1nn2c(C(F)(F)F)cc(-c3cccs3)nc2c1Cl. The molecule has 166 valence electrons. The van der Waals surface area contributed by atoms with E-state index < -0.39 is 45.9 Å². The van der Waals surface area contributed by atoms with Crippen molar-refractivity contribution in [3.05, 3.63) is 69.8 Å². The van der Waals surface area contributed by atoms with Crippen LogP contribution in [0.1, 0.15) is 21.7 Å². The number of carbonyl (C=O) groups is 1. The predicted molar refractivity (Wildman–Crippen MR) is 106 cm³/mol. The third kappa shape index (κ3) is 4.15. The molecule has 0 saturated heterocycles. The number of nitrogens with one attached hydrogen (secondary N) is 1. The summed E-state index contributed by atoms with van der Waals surface area (Å²) in [5.74, 6) is -1.09. The Morgan fingerprint density at radius 3 is 2.41 bits per heavy atom. The van der Waals surface area contributed by atoms with Crippen LogP contribution in [0.2, 0.25) is 5.02 Å². The molecular formula is C19H9ClF6N4OS. The predicted octanol–water partition coefficient (Wildman–Crippen LogP) is 6.40. The van der Waals surface area contributed by atoms with E-state index in [0.717, 1.165) is 29.5 Å². The third-order valence-electron chi connectivity index (χ3n) is 4.26. The minimum absolute atomic E-state index is 0.0218. The van der Waals surface area contributed by atoms with Gasteiger partial charge < -0.3 is 5.32 Å². The summed E-state index contributed by atoms with van der Waals surface area (Å²) in [6.07, 6.45) is -9.50. The molecule has 0 bridgehead atoms. The van der Waals surface area contributed by atoms with Gasteiger partial charge in [0, 0.05) is 5.69 Å². The van der Waals surface area contributed by atoms with E-state index in [4.69, 9.17) is 11.6 Å². The molecule has 1 N–H and O–H groups in total. The molecule has 0 aliphatic carbocycles. The second kappa shape index (κ2) is 7.78. The second-order valence-corrected chi connectivity index (χ2v) is 7.76. The lowest BCUT2D eigenvalue weighted by Crippen LogP contribution is -2.16. The largest absolute Gasteiger partial charge is 0.433 e. The minimum Gasteiger partial charge on any atom is -0.321 e. The Morgan fingerprint density at radius 2 is 1.78 bits per heavy atom. The van der Waals surface area contributed by atoms with Crippen LogP contribution in [0, 0.1) is 0 Å². The zero-order valence-corrected chi connectivity index (χ0v) is 17.0. The summed E-state index contributed by atoms with van der Waals surface area (Å²) in [6, 6.07) is 7.71. The molecule has 3 heterocycles. The highest BCUT2D eigenvalue weighted by Gasteiger charge is 2.37. The molecule has 0 atom stereocenters. The molecule has 5 nitrogen and oxygen atoms in total. The smallest absolute Gasteiger partial charge is 0.321 e. The molecule has 4 aromatic rings. The van der Waals surface area contributed by atoms with Crippen molar-refractivity contribution in [1.29, 1.82) is 0 Å². The lowest BCUT2D eigenvalue weighted by atomic mass is 10.2. The van der Waals surface area contributed by atoms with Crippen molar-refractivity contribution in [3.63, 3.8) is 0 Å². The summed E-state index contributed by atoms with van der Waals surface area (Å²) >= 11 is 7.28. The van der Waals surface area contributed by atoms with Gasteiger partial charge in [0.25, 0.3) is 5.91 Å². The fourth-order valence-electron chi connectivity index (χ4n) is 2.85. The lowest BCUT2D eigenvalue weighted by molar-refractivity contribution is -0.142. The van der Waals surface area contributed by atoms with Gasteiger partial charge in [-0.1, -0.05) is 23.7 Å². The quantitative estimate of drug-likeness (QED) is 0.338. The third-order valence-corrected chi connectivity index (χ3v) is 5.50. The van der Waals surface area contributed by atoms with Gasteiger partial charge in [-0.25, -0.2) is 9.50 Å². The fourth-order valence-corrected chi connectivity index (χ4v) is 3.78. The van der Waals surface area contributed by atoms with E-state index in [0.29, 0.717) is 15.5 Å². The number of halogens is 7. The maximum atomic E-state index is 13.6. The van der Waals surface area contributed by atoms with Gasteiger partial charge in [-0.2, -0.15) is 31.4 Å². The summed E-state index contributed by atoms with van der Waals surface area (Å²) in [6.45, 7) is 0. The van der Waals surface area contributed by atoms with Gasteiger partial charge >= 0.3 is 12.4 Å². The highest BCUT2D eigenvalue weighted by atomic mass is 35.5. The highest BCUT2D eigenvalue weighted by molar-refractivity contribution is 7.13. The number of hydrogen-bond donors (Lipinski definition) is 1. The number of fused-ring (bicyclic) bond motifs is 1. The summed E-state index contributed by atoms with van der Waals surface area (Å²) in [7, 11) is 0. The van der Waals surface area contributed by atoms with Gasteiger partial charge in [0.1, 0.15) is 5.02 Å². The van der Waals surface area contributed by atoms with Crippen molar-refractivity contribution in [3.8, 4) is 10.6 Å². The summed E-state index contributed by atoms with van der Waals surface area (Å²) in [5.41, 5.74) is -3.53. The number of rotatable bonds is 3. The summed E-state index contributed by atoms with van der Waals surface area (Å²) in [5, 5.41) is 6.99. The number of benzene rings is 1. The molecule has 32 heavy (non-hydrogen) atoms. The van der Waals surface area contributed by atoms with Gasteiger partial charge in [0.05, 0.1) is 16.1 Å². The number of anilines is 1. The van der Waals surface area contributed by atoms with E-state index in [1.165, 1.54) is 6.07 Å². The number of thiophene rings is 1. The number of carbonyl (C=O) groups excluding carboxylic acids is 1. The van der Waals surface area contributed by atoms with Gasteiger partial charge in [-0.15, -0.1) is 11.3 Å². The molecule has 0 aliphatic rings. The molecule has 0 spiro atoms. The fraction of sp³-hybridized carbons (Fsp3) is 0.105. The van der Waals surface area contributed by atoms with E-state index in [1.807, 2.05) is 0 Å². The maximum Gasteiger partial charge on any atom is 0.433 e. The average molecular weight is 491 g/mol. The molecule has 3 aromatic heterocycles. The molecule has 0 fully saturated rings. The zero-order valence-electron chi connectivity index (χ0n) is 15.4. The standard InChI is InChI=1S/C19H9ClF6N4OS/c20-14-15(17(31)27-10-4-1-3-9(7-10)18(21,22)23)29-30-13(19(24,25)26)8-11(28-16(14)30)12-5-2-6-32-12/h1-8H,(H,27,31). The highest BCUT2D eigenvalue weighted by Crippen LogP contribution is 2.36. The molecule has 4 rings (SSSR count). The Morgan fingerprint density at radius 1 is 1.03 bits per heavy atom. The second-order valence-electron chi connectivity index (χ2n) is 6.43. The van der Waals surface area contributed by atoms with Crippen molar-refractivity contribution < 1.29 is 31.1 Å². The maximum absolute atomic E-state index is 13.6. The van der Waals surface area contributed by atoms with Crippen molar-refractivity contribution in [2.24, 2.45) is 0 Å². The Labute approximate surface area is 184 Å². The zero-order chi connectivity index (χ0) is 23.3. The van der Waals surface area contributed by atoms with Crippen molar-refractivity contribution >= 4 is 40.2 Å². The number of aromatic nitrogens is 3. The van der Waals surface area contributed by atoms with Crippen molar-refractivity contribution in [2.75, 3.05) is 5.32 Å². The lowest BCUT2D eigenvalue weighted by Gasteiger charge is -2.10. The van der Waals surface area contributed by atoms with Crippen LogP contribution in [0.25, 0.3) is 16.2 Å². The Kier molecular flexibility index (Phi) is 5.37. The van der Waals surface area contributed by atoms with Crippen LogP contribution in [0.4, 0.5) is 32.0 Å². The van der Waals surface area contributed by atoms with E-state index in [2.05, 4.69) is 15.4 Å². The van der Waals surface area contributed by atoms with Crippen LogP contribution in [-0.2, 0) is 12.4 Å². The van der Waals surface area contributed by atoms with Gasteiger partial charge in [-0.3, -0.25) is 4.79 Å². The van der Waals surface area contributed by atoms with Crippen molar-refractivity contribution in [2.45, 2.75) is 12.4 Å². The van der Waals surface area contributed by atoms with E-state index in [-0.39, 0.29) is 11.4 Å². The monoisotopic (exact) mass is 490 g/mol. The first-order valence-electron chi connectivity index (χ1n) is 8.64. The van der Waals surface area contributed by atoms with E-state index in [1.54, 1.807) is 17.5 Å². The normalized spacial score (nSPS) is 12.3. The van der Waals surface area contributed by atoms with Crippen LogP contribution < -0.4 is 5.32 Å². The molecule has 1 aromatic carbocycles. The number of nitrogens with zero attached hydrogens (tertiary/aromatic N) is 3. The molecule has 0 radical (unpaired) electrons. The van der Waals surface area contributed by atoms with Crippen LogP contribution in [0.3, 0.4) is 0 Å². The van der Waals surface area contributed by atoms with Crippen LogP contribution in [0.5, 0.6) is 0 Å². The Bertz CT molecular complexity index is 1310. The molecular weight excluding hydrogens is 482 g/mol. The summed E-state index contributed by atoms with van der Waals surface area (Å²) in [4.78, 5) is 17.1. The Hall–Kier alpha value is -3.12. The number of alkyl halides is 6. The number of hydrogen-bond acceptors (Lipinski definition) is 4. The minimum atomic E-state index is -4.85. The van der Waals surface area contributed by atoms with Crippen LogP contribution in [-0.4, -0.2) is 20.5 Å². The molecule has 0 saturated carbocycles. The van der Waals surface area contributed by atoms with Gasteiger partial charge in [0.2, 0.25) is 0 Å². The van der Waals surface area contributed by atoms with E-state index >= 15 is 0 Å². The van der Waals surface area contributed by atoms with Crippen molar-refractivity contribution in [1.82, 2.24) is 14.6 Å².